The van der Waals surface area contributed by atoms with Crippen molar-refractivity contribution >= 4 is 5.91 Å². The molecule has 1 aliphatic rings. The van der Waals surface area contributed by atoms with Crippen molar-refractivity contribution in [1.82, 2.24) is 5.32 Å². The maximum Gasteiger partial charge on any atom is 0.336 e. The Labute approximate surface area is 75.7 Å². The molecule has 1 rings (SSSR count). The van der Waals surface area contributed by atoms with Crippen molar-refractivity contribution in [2.75, 3.05) is 6.54 Å². The van der Waals surface area contributed by atoms with Crippen LogP contribution in [-0.2, 0) is 4.79 Å². The zero-order valence-corrected chi connectivity index (χ0v) is 7.57. The Morgan fingerprint density at radius 1 is 1.62 bits per heavy atom. The average Bonchev–Trinajstić information content (AvgIpc) is 2.01. The molecule has 0 aromatic heterocycles. The summed E-state index contributed by atoms with van der Waals surface area (Å²) in [5, 5.41) is 2.32. The molecule has 0 aromatic rings. The fourth-order valence-corrected chi connectivity index (χ4v) is 1.29. The number of amides is 1. The molecule has 13 heavy (non-hydrogen) atoms. The summed E-state index contributed by atoms with van der Waals surface area (Å²) in [6.45, 7) is 0.829. The fraction of sp³-hybridized carbons (Fsp3) is 0.875. The Bertz CT molecular complexity index is 214. The van der Waals surface area contributed by atoms with Gasteiger partial charge in [-0.15, -0.1) is 0 Å². The van der Waals surface area contributed by atoms with Crippen LogP contribution in [0, 0.1) is 0 Å². The van der Waals surface area contributed by atoms with E-state index in [1.807, 2.05) is 0 Å². The first-order valence-corrected chi connectivity index (χ1v) is 4.30. The third-order valence-corrected chi connectivity index (χ3v) is 2.46. The van der Waals surface area contributed by atoms with Gasteiger partial charge in [0.25, 0.3) is 5.91 Å². The number of rotatable bonds is 3. The molecule has 0 atom stereocenters. The van der Waals surface area contributed by atoms with Gasteiger partial charge in [0.15, 0.2) is 0 Å². The van der Waals surface area contributed by atoms with Crippen molar-refractivity contribution in [2.45, 2.75) is 37.6 Å². The normalized spacial score (nSPS) is 20.6. The van der Waals surface area contributed by atoms with Crippen LogP contribution in [0.3, 0.4) is 0 Å². The van der Waals surface area contributed by atoms with Crippen LogP contribution < -0.4 is 11.1 Å². The second-order valence-corrected chi connectivity index (χ2v) is 3.78. The van der Waals surface area contributed by atoms with Crippen LogP contribution in [0.25, 0.3) is 0 Å². The quantitative estimate of drug-likeness (QED) is 0.689. The number of nitrogens with two attached hydrogens (primary N) is 1. The molecule has 1 aliphatic carbocycles. The highest BCUT2D eigenvalue weighted by Gasteiger charge is 2.42. The molecule has 0 aromatic carbocycles. The van der Waals surface area contributed by atoms with Gasteiger partial charge in [-0.05, 0) is 26.2 Å². The Kier molecular flexibility index (Phi) is 2.56. The molecule has 3 N–H and O–H groups in total. The summed E-state index contributed by atoms with van der Waals surface area (Å²) in [5.74, 6) is -4.68. The summed E-state index contributed by atoms with van der Waals surface area (Å²) in [4.78, 5) is 11.0. The van der Waals surface area contributed by atoms with Crippen molar-refractivity contribution < 1.29 is 13.6 Å². The number of carbonyl (C=O) groups excluding carboxylic acids is 1. The van der Waals surface area contributed by atoms with Crippen LogP contribution in [0.4, 0.5) is 8.78 Å². The lowest BCUT2D eigenvalue weighted by Gasteiger charge is -2.39. The lowest BCUT2D eigenvalue weighted by molar-refractivity contribution is -0.147. The third kappa shape index (κ3) is 2.15. The predicted octanol–water partition coefficient (Wildman–Crippen LogP) is 0.639. The van der Waals surface area contributed by atoms with Gasteiger partial charge in [-0.3, -0.25) is 4.79 Å². The molecule has 1 fully saturated rings. The van der Waals surface area contributed by atoms with E-state index >= 15 is 0 Å². The molecular formula is C8H14F2N2O. The van der Waals surface area contributed by atoms with E-state index in [1.165, 1.54) is 0 Å². The van der Waals surface area contributed by atoms with Crippen LogP contribution in [0.5, 0.6) is 0 Å². The minimum Gasteiger partial charge on any atom is -0.346 e. The predicted molar refractivity (Wildman–Crippen MR) is 44.4 cm³/mol. The highest BCUT2D eigenvalue weighted by atomic mass is 19.3. The maximum absolute atomic E-state index is 12.7. The number of nitrogens with one attached hydrogen (secondary N) is 1. The second kappa shape index (κ2) is 3.21. The first-order valence-electron chi connectivity index (χ1n) is 4.30. The molecule has 0 bridgehead atoms. The summed E-state index contributed by atoms with van der Waals surface area (Å²) in [6.07, 6.45) is 2.50. The van der Waals surface area contributed by atoms with Crippen LogP contribution in [-0.4, -0.2) is 23.9 Å². The number of carbonyl (C=O) groups is 1. The van der Waals surface area contributed by atoms with E-state index < -0.39 is 23.9 Å². The lowest BCUT2D eigenvalue weighted by Crippen LogP contribution is -2.57. The van der Waals surface area contributed by atoms with Crippen molar-refractivity contribution in [3.05, 3.63) is 0 Å². The Balaban J connectivity index is 2.49. The monoisotopic (exact) mass is 192 g/mol. The molecule has 0 unspecified atom stereocenters. The summed E-state index contributed by atoms with van der Waals surface area (Å²) in [5.41, 5.74) is 4.34. The van der Waals surface area contributed by atoms with E-state index in [-0.39, 0.29) is 0 Å². The summed E-state index contributed by atoms with van der Waals surface area (Å²) in [6, 6.07) is 0. The van der Waals surface area contributed by atoms with Gasteiger partial charge in [0.2, 0.25) is 0 Å². The Morgan fingerprint density at radius 3 is 2.46 bits per heavy atom. The minimum absolute atomic E-state index is 0.435. The largest absolute Gasteiger partial charge is 0.346 e. The van der Waals surface area contributed by atoms with E-state index in [0.717, 1.165) is 19.3 Å². The SMILES string of the molecule is CC1(NC(=O)C(F)(F)CN)CCC1. The van der Waals surface area contributed by atoms with E-state index in [2.05, 4.69) is 5.32 Å². The highest BCUT2D eigenvalue weighted by molar-refractivity contribution is 5.84. The average molecular weight is 192 g/mol. The van der Waals surface area contributed by atoms with E-state index in [4.69, 9.17) is 5.73 Å². The third-order valence-electron chi connectivity index (χ3n) is 2.46. The highest BCUT2D eigenvalue weighted by Crippen LogP contribution is 2.31. The van der Waals surface area contributed by atoms with E-state index in [1.54, 1.807) is 6.92 Å². The number of hydrogen-bond acceptors (Lipinski definition) is 2. The van der Waals surface area contributed by atoms with Gasteiger partial charge in [-0.1, -0.05) is 0 Å². The fourth-order valence-electron chi connectivity index (χ4n) is 1.29. The van der Waals surface area contributed by atoms with Crippen molar-refractivity contribution in [2.24, 2.45) is 5.73 Å². The summed E-state index contributed by atoms with van der Waals surface area (Å²) in [7, 11) is 0. The molecule has 0 saturated heterocycles. The number of alkyl halides is 2. The van der Waals surface area contributed by atoms with E-state index in [0.29, 0.717) is 0 Å². The molecule has 3 nitrogen and oxygen atoms in total. The Hall–Kier alpha value is -0.710. The molecule has 76 valence electrons. The zero-order chi connectivity index (χ0) is 10.1. The first kappa shape index (κ1) is 10.4. The van der Waals surface area contributed by atoms with Crippen LogP contribution >= 0.6 is 0 Å². The summed E-state index contributed by atoms with van der Waals surface area (Å²) < 4.78 is 25.4. The molecule has 1 amide bonds. The number of hydrogen-bond donors (Lipinski definition) is 2. The lowest BCUT2D eigenvalue weighted by atomic mass is 9.78. The minimum atomic E-state index is -3.43. The van der Waals surface area contributed by atoms with Gasteiger partial charge in [0.05, 0.1) is 6.54 Å². The second-order valence-electron chi connectivity index (χ2n) is 3.78. The smallest absolute Gasteiger partial charge is 0.336 e. The molecule has 5 heteroatoms. The van der Waals surface area contributed by atoms with Crippen molar-refractivity contribution in [3.63, 3.8) is 0 Å². The summed E-state index contributed by atoms with van der Waals surface area (Å²) >= 11 is 0. The van der Waals surface area contributed by atoms with Gasteiger partial charge in [-0.2, -0.15) is 8.78 Å². The standard InChI is InChI=1S/C8H14F2N2O/c1-7(3-2-4-7)12-6(13)8(9,10)5-11/h2-5,11H2,1H3,(H,12,13). The Morgan fingerprint density at radius 2 is 2.15 bits per heavy atom. The van der Waals surface area contributed by atoms with Crippen LogP contribution in [0.1, 0.15) is 26.2 Å². The van der Waals surface area contributed by atoms with Crippen molar-refractivity contribution in [1.29, 1.82) is 0 Å². The van der Waals surface area contributed by atoms with E-state index in [9.17, 15) is 13.6 Å². The van der Waals surface area contributed by atoms with Gasteiger partial charge in [0.1, 0.15) is 0 Å². The first-order chi connectivity index (χ1) is 5.90. The van der Waals surface area contributed by atoms with Crippen LogP contribution in [0.15, 0.2) is 0 Å². The number of halogens is 2. The van der Waals surface area contributed by atoms with Gasteiger partial charge < -0.3 is 11.1 Å². The molecule has 0 heterocycles. The zero-order valence-electron chi connectivity index (χ0n) is 7.57. The maximum atomic E-state index is 12.7. The van der Waals surface area contributed by atoms with Crippen molar-refractivity contribution in [3.8, 4) is 0 Å². The van der Waals surface area contributed by atoms with Gasteiger partial charge in [-0.25, -0.2) is 0 Å². The van der Waals surface area contributed by atoms with Gasteiger partial charge in [0, 0.05) is 5.54 Å². The molecule has 0 aliphatic heterocycles. The molecule has 1 saturated carbocycles. The van der Waals surface area contributed by atoms with Crippen LogP contribution in [0.2, 0.25) is 0 Å². The van der Waals surface area contributed by atoms with Gasteiger partial charge >= 0.3 is 5.92 Å². The molecular weight excluding hydrogens is 178 g/mol. The molecule has 0 spiro atoms. The topological polar surface area (TPSA) is 55.1 Å². The molecule has 0 radical (unpaired) electrons.